The number of nitrogens with zero attached hydrogens (tertiary/aromatic N) is 2. The van der Waals surface area contributed by atoms with Gasteiger partial charge in [-0.2, -0.15) is 0 Å². The van der Waals surface area contributed by atoms with E-state index in [1.54, 1.807) is 6.20 Å². The summed E-state index contributed by atoms with van der Waals surface area (Å²) >= 11 is 0. The van der Waals surface area contributed by atoms with Crippen molar-refractivity contribution in [1.82, 2.24) is 47.1 Å². The number of guanidine groups is 1. The second kappa shape index (κ2) is 28.6. The predicted octanol–water partition coefficient (Wildman–Crippen LogP) is -0.433. The fourth-order valence-corrected chi connectivity index (χ4v) is 8.46. The summed E-state index contributed by atoms with van der Waals surface area (Å²) in [5.41, 5.74) is 19.6. The average Bonchev–Trinajstić information content (AvgIpc) is 4.01. The summed E-state index contributed by atoms with van der Waals surface area (Å²) in [4.78, 5) is 129. The maximum Gasteiger partial charge on any atom is 0.325 e. The number of amides is 8. The Hall–Kier alpha value is -7.56. The second-order valence-corrected chi connectivity index (χ2v) is 19.6. The second-order valence-electron chi connectivity index (χ2n) is 19.6. The number of fused-ring (bicyclic) bond motifs is 1. The number of likely N-dealkylation sites (tertiary alicyclic amines) is 1. The third-order valence-electron chi connectivity index (χ3n) is 12.4. The van der Waals surface area contributed by atoms with Crippen molar-refractivity contribution >= 4 is 70.1 Å². The fourth-order valence-electron chi connectivity index (χ4n) is 8.46. The largest absolute Gasteiger partial charge is 0.480 e. The zero-order valence-corrected chi connectivity index (χ0v) is 43.1. The molecule has 0 aliphatic carbocycles. The molecule has 1 aromatic heterocycles. The molecule has 8 unspecified atom stereocenters. The zero-order valence-electron chi connectivity index (χ0n) is 43.1. The van der Waals surface area contributed by atoms with E-state index in [1.807, 2.05) is 82.3 Å². The summed E-state index contributed by atoms with van der Waals surface area (Å²) in [6.07, 6.45) is 3.25. The Labute approximate surface area is 431 Å². The minimum Gasteiger partial charge on any atom is -0.480 e. The van der Waals surface area contributed by atoms with Crippen molar-refractivity contribution in [3.63, 3.8) is 0 Å². The molecule has 404 valence electrons. The van der Waals surface area contributed by atoms with Crippen LogP contribution in [0.4, 0.5) is 0 Å². The van der Waals surface area contributed by atoms with Crippen molar-refractivity contribution in [1.29, 1.82) is 0 Å². The molecule has 74 heavy (non-hydrogen) atoms. The maximum atomic E-state index is 14.2. The number of aromatic nitrogens is 1. The minimum atomic E-state index is -1.26. The number of aliphatic imine (C=N–C) groups is 1. The van der Waals surface area contributed by atoms with Gasteiger partial charge >= 0.3 is 5.97 Å². The Kier molecular flexibility index (Phi) is 22.8. The molecule has 8 atom stereocenters. The number of rotatable bonds is 28. The van der Waals surface area contributed by atoms with E-state index in [2.05, 4.69) is 47.2 Å². The number of carbonyl (C=O) groups is 9. The number of nitrogens with two attached hydrogens (primary N) is 3. The van der Waals surface area contributed by atoms with Crippen molar-refractivity contribution in [3.05, 3.63) is 71.9 Å². The molecular formula is C51H75N13O10. The number of hydrogen-bond donors (Lipinski definition) is 12. The lowest BCUT2D eigenvalue weighted by Gasteiger charge is -2.28. The van der Waals surface area contributed by atoms with Crippen molar-refractivity contribution in [2.75, 3.05) is 19.6 Å². The van der Waals surface area contributed by atoms with Crippen LogP contribution in [0.5, 0.6) is 0 Å². The lowest BCUT2D eigenvalue weighted by atomic mass is 10.00. The van der Waals surface area contributed by atoms with Crippen LogP contribution >= 0.6 is 0 Å². The number of carboxylic acids is 1. The normalized spacial score (nSPS) is 16.1. The van der Waals surface area contributed by atoms with Gasteiger partial charge in [0.05, 0.1) is 12.6 Å². The topological polar surface area (TPSA) is 368 Å². The number of aromatic amines is 1. The van der Waals surface area contributed by atoms with Gasteiger partial charge in [-0.15, -0.1) is 0 Å². The molecule has 0 spiro atoms. The predicted molar refractivity (Wildman–Crippen MR) is 277 cm³/mol. The van der Waals surface area contributed by atoms with E-state index in [9.17, 15) is 48.3 Å². The summed E-state index contributed by atoms with van der Waals surface area (Å²) in [5.74, 6) is -6.94. The van der Waals surface area contributed by atoms with Crippen LogP contribution in [0.1, 0.15) is 91.2 Å². The number of nitrogens with one attached hydrogen (secondary N) is 8. The lowest BCUT2D eigenvalue weighted by Crippen LogP contribution is -2.58. The Morgan fingerprint density at radius 2 is 1.27 bits per heavy atom. The number of para-hydroxylation sites is 1. The van der Waals surface area contributed by atoms with E-state index in [1.165, 1.54) is 18.7 Å². The lowest BCUT2D eigenvalue weighted by molar-refractivity contribution is -0.142. The number of H-pyrrole nitrogens is 1. The summed E-state index contributed by atoms with van der Waals surface area (Å²) in [6.45, 7) is 9.77. The maximum absolute atomic E-state index is 14.2. The molecule has 23 heteroatoms. The number of benzene rings is 2. The van der Waals surface area contributed by atoms with E-state index in [4.69, 9.17) is 17.2 Å². The molecule has 23 nitrogen and oxygen atoms in total. The number of hydrogen-bond acceptors (Lipinski definition) is 11. The van der Waals surface area contributed by atoms with Crippen LogP contribution in [0.15, 0.2) is 65.8 Å². The molecule has 0 bridgehead atoms. The van der Waals surface area contributed by atoms with Crippen LogP contribution in [-0.2, 0) is 56.0 Å². The van der Waals surface area contributed by atoms with E-state index in [-0.39, 0.29) is 75.8 Å². The highest BCUT2D eigenvalue weighted by Gasteiger charge is 2.37. The molecule has 1 saturated heterocycles. The average molecular weight is 1030 g/mol. The third kappa shape index (κ3) is 18.5. The molecule has 2 aromatic carbocycles. The van der Waals surface area contributed by atoms with E-state index in [0.717, 1.165) is 16.5 Å². The SMILES string of the molecule is CC(C)CC(NC(=O)C(N)Cc1ccccc1)C(=O)NC(Cc1c[nH]c2ccccc12)C(=O)NCC(=O)N1CCCC1C(=O)NC(CCCN=C(N)N)C(=O)NC(C)C(=O)NC(CC(C)C)C(=O)NC(C)C(=O)O. The highest BCUT2D eigenvalue weighted by Crippen LogP contribution is 2.21. The van der Waals surface area contributed by atoms with Crippen molar-refractivity contribution in [3.8, 4) is 0 Å². The third-order valence-corrected chi connectivity index (χ3v) is 12.4. The van der Waals surface area contributed by atoms with Crippen molar-refractivity contribution in [2.45, 2.75) is 141 Å². The van der Waals surface area contributed by atoms with Gasteiger partial charge in [0.25, 0.3) is 0 Å². The van der Waals surface area contributed by atoms with Gasteiger partial charge in [-0.3, -0.25) is 48.1 Å². The molecule has 0 radical (unpaired) electrons. The molecule has 8 amide bonds. The van der Waals surface area contributed by atoms with Crippen LogP contribution < -0.4 is 54.4 Å². The Bertz CT molecular complexity index is 2460. The van der Waals surface area contributed by atoms with Crippen LogP contribution in [0.3, 0.4) is 0 Å². The monoisotopic (exact) mass is 1030 g/mol. The molecule has 4 rings (SSSR count). The molecule has 0 saturated carbocycles. The van der Waals surface area contributed by atoms with Gasteiger partial charge < -0.3 is 69.4 Å². The van der Waals surface area contributed by atoms with E-state index < -0.39 is 108 Å². The zero-order chi connectivity index (χ0) is 54.6. The summed E-state index contributed by atoms with van der Waals surface area (Å²) in [6, 6.07) is 7.55. The van der Waals surface area contributed by atoms with Crippen molar-refractivity contribution in [2.24, 2.45) is 34.0 Å². The fraction of sp³-hybridized carbons (Fsp3) is 0.529. The summed E-state index contributed by atoms with van der Waals surface area (Å²) in [5, 5.41) is 28.5. The van der Waals surface area contributed by atoms with E-state index in [0.29, 0.717) is 12.0 Å². The number of aliphatic carboxylic acids is 1. The number of carboxylic acid groups (broad SMARTS) is 1. The van der Waals surface area contributed by atoms with E-state index >= 15 is 0 Å². The minimum absolute atomic E-state index is 0.00717. The molecule has 15 N–H and O–H groups in total. The standard InChI is InChI=1S/C51H75N13O10/c1-28(2)22-38(47(70)59-31(6)50(73)74)61-43(66)30(5)58-46(69)37(18-12-20-55-51(53)54)60-49(72)41-19-13-21-64(41)42(65)27-57-45(68)40(25-33-26-56-36-17-11-10-16-34(33)36)63-48(71)39(23-29(3)4)62-44(67)35(52)24-32-14-8-7-9-15-32/h7-11,14-17,26,28-31,35,37-41,56H,12-13,18-25,27,52H2,1-6H3,(H,57,68)(H,58,69)(H,59,70)(H,60,72)(H,61,66)(H,62,67)(H,63,71)(H,73,74)(H4,53,54,55). The molecule has 3 aromatic rings. The van der Waals surface area contributed by atoms with Gasteiger partial charge in [0.15, 0.2) is 5.96 Å². The Morgan fingerprint density at radius 3 is 1.91 bits per heavy atom. The molecule has 1 fully saturated rings. The summed E-state index contributed by atoms with van der Waals surface area (Å²) < 4.78 is 0. The quantitative estimate of drug-likeness (QED) is 0.0250. The molecule has 2 heterocycles. The van der Waals surface area contributed by atoms with Gasteiger partial charge in [-0.25, -0.2) is 0 Å². The highest BCUT2D eigenvalue weighted by molar-refractivity contribution is 5.98. The van der Waals surface area contributed by atoms with Gasteiger partial charge in [0.2, 0.25) is 47.3 Å². The highest BCUT2D eigenvalue weighted by atomic mass is 16.4. The first-order chi connectivity index (χ1) is 35.0. The smallest absolute Gasteiger partial charge is 0.325 e. The van der Waals surface area contributed by atoms with Crippen LogP contribution in [-0.4, -0.2) is 142 Å². The van der Waals surface area contributed by atoms with Crippen LogP contribution in [0.2, 0.25) is 0 Å². The Morgan fingerprint density at radius 1 is 0.689 bits per heavy atom. The Balaban J connectivity index is 1.47. The van der Waals surface area contributed by atoms with Gasteiger partial charge in [-0.1, -0.05) is 76.2 Å². The molecular weight excluding hydrogens is 955 g/mol. The molecule has 1 aliphatic heterocycles. The van der Waals surface area contributed by atoms with Gasteiger partial charge in [0, 0.05) is 36.6 Å². The molecule has 1 aliphatic rings. The first-order valence-corrected chi connectivity index (χ1v) is 25.1. The van der Waals surface area contributed by atoms with Gasteiger partial charge in [0.1, 0.15) is 42.3 Å². The number of carbonyl (C=O) groups excluding carboxylic acids is 8. The summed E-state index contributed by atoms with van der Waals surface area (Å²) in [7, 11) is 0. The first kappa shape index (κ1) is 59.0. The van der Waals surface area contributed by atoms with Crippen LogP contribution in [0, 0.1) is 11.8 Å². The first-order valence-electron chi connectivity index (χ1n) is 25.1. The van der Waals surface area contributed by atoms with Gasteiger partial charge in [-0.05, 0) is 87.8 Å². The van der Waals surface area contributed by atoms with Crippen molar-refractivity contribution < 1.29 is 48.3 Å². The van der Waals surface area contributed by atoms with Crippen LogP contribution in [0.25, 0.3) is 10.9 Å².